The molecule has 0 aromatic rings. The molecule has 0 aliphatic rings. The van der Waals surface area contributed by atoms with Crippen molar-refractivity contribution in [3.63, 3.8) is 0 Å². The van der Waals surface area contributed by atoms with Gasteiger partial charge >= 0.3 is 0 Å². The van der Waals surface area contributed by atoms with Crippen molar-refractivity contribution in [1.29, 1.82) is 0 Å². The second-order valence-electron chi connectivity index (χ2n) is 11.7. The molecule has 6 nitrogen and oxygen atoms in total. The predicted molar refractivity (Wildman–Crippen MR) is 169 cm³/mol. The van der Waals surface area contributed by atoms with Crippen molar-refractivity contribution in [3.8, 4) is 0 Å². The summed E-state index contributed by atoms with van der Waals surface area (Å²) in [7, 11) is -5.17. The summed E-state index contributed by atoms with van der Waals surface area (Å²) in [6.07, 6.45) is 22.1. The third-order valence-corrected chi connectivity index (χ3v) is 7.89. The molecule has 39 heavy (non-hydrogen) atoms. The second-order valence-corrected chi connectivity index (χ2v) is 12.5. The minimum atomic E-state index is -5.17. The molecule has 0 unspecified atom stereocenters. The highest BCUT2D eigenvalue weighted by Gasteiger charge is 2.25. The van der Waals surface area contributed by atoms with E-state index in [1.54, 1.807) is 0 Å². The van der Waals surface area contributed by atoms with Gasteiger partial charge in [0.2, 0.25) is 0 Å². The van der Waals surface area contributed by atoms with Crippen molar-refractivity contribution in [2.24, 2.45) is 0 Å². The fourth-order valence-electron chi connectivity index (χ4n) is 5.29. The van der Waals surface area contributed by atoms with E-state index in [0.717, 1.165) is 0 Å². The Labute approximate surface area is 247 Å². The lowest BCUT2D eigenvalue weighted by Crippen LogP contribution is -2.50. The van der Waals surface area contributed by atoms with Crippen LogP contribution in [0.15, 0.2) is 0 Å². The highest BCUT2D eigenvalue weighted by atomic mass is 32.3. The van der Waals surface area contributed by atoms with Gasteiger partial charge in [0.05, 0.1) is 52.4 Å². The van der Waals surface area contributed by atoms with Crippen LogP contribution in [0.3, 0.4) is 0 Å². The Hall–Kier alpha value is -0.210. The summed E-state index contributed by atoms with van der Waals surface area (Å²) in [5.74, 6) is 0. The summed E-state index contributed by atoms with van der Waals surface area (Å²) in [5.41, 5.74) is 0. The van der Waals surface area contributed by atoms with Gasteiger partial charge in [-0.3, -0.25) is 8.42 Å². The van der Waals surface area contributed by atoms with Gasteiger partial charge in [0, 0.05) is 10.4 Å². The van der Waals surface area contributed by atoms with Gasteiger partial charge in [-0.05, 0) is 51.4 Å². The minimum absolute atomic E-state index is 1.35. The lowest BCUT2D eigenvalue weighted by molar-refractivity contribution is -0.929. The van der Waals surface area contributed by atoms with Crippen LogP contribution >= 0.6 is 0 Å². The van der Waals surface area contributed by atoms with Crippen LogP contribution in [0.2, 0.25) is 0 Å². The van der Waals surface area contributed by atoms with Crippen molar-refractivity contribution >= 4 is 10.4 Å². The zero-order valence-electron chi connectivity index (χ0n) is 27.9. The zero-order valence-corrected chi connectivity index (χ0v) is 28.7. The van der Waals surface area contributed by atoms with E-state index in [0.29, 0.717) is 0 Å². The van der Waals surface area contributed by atoms with E-state index in [1.807, 2.05) is 0 Å². The fourth-order valence-corrected chi connectivity index (χ4v) is 5.29. The Morgan fingerprint density at radius 3 is 0.538 bits per heavy atom. The monoisotopic (exact) mass is 581 g/mol. The first kappa shape index (κ1) is 43.2. The van der Waals surface area contributed by atoms with Crippen molar-refractivity contribution in [2.75, 3.05) is 52.4 Å². The summed E-state index contributed by atoms with van der Waals surface area (Å²) >= 11 is 0. The van der Waals surface area contributed by atoms with Gasteiger partial charge in [-0.25, -0.2) is 0 Å². The predicted octanol–water partition coefficient (Wildman–Crippen LogP) is 8.67. The van der Waals surface area contributed by atoms with Crippen LogP contribution in [0, 0.1) is 0 Å². The Morgan fingerprint density at radius 1 is 0.359 bits per heavy atom. The molecule has 0 amide bonds. The van der Waals surface area contributed by atoms with Crippen LogP contribution in [0.4, 0.5) is 0 Å². The number of hydrogen-bond donors (Lipinski definition) is 0. The maximum atomic E-state index is 8.52. The summed E-state index contributed by atoms with van der Waals surface area (Å²) in [6.45, 7) is 30.0. The highest BCUT2D eigenvalue weighted by Crippen LogP contribution is 2.17. The molecule has 0 aromatic carbocycles. The van der Waals surface area contributed by atoms with Crippen LogP contribution in [-0.4, -0.2) is 78.8 Å². The molecule has 240 valence electrons. The molecule has 0 aromatic heterocycles. The third kappa shape index (κ3) is 30.6. The average molecular weight is 581 g/mol. The average Bonchev–Trinajstić information content (AvgIpc) is 2.91. The molecular formula is C32H72N2O4S. The molecule has 0 rings (SSSR count). The number of hydrogen-bond acceptors (Lipinski definition) is 4. The molecular weight excluding hydrogens is 508 g/mol. The van der Waals surface area contributed by atoms with E-state index >= 15 is 0 Å². The van der Waals surface area contributed by atoms with E-state index < -0.39 is 10.4 Å². The van der Waals surface area contributed by atoms with Crippen LogP contribution in [0.25, 0.3) is 0 Å². The molecule has 0 saturated carbocycles. The SMILES string of the molecule is CCCC[N+](CCCC)(CCCC)CCCC.CCCC[N+](CCCC)(CCCC)CCCC.O=S(=O)([O-])[O-]. The third-order valence-electron chi connectivity index (χ3n) is 7.89. The van der Waals surface area contributed by atoms with Crippen LogP contribution < -0.4 is 0 Å². The fraction of sp³-hybridized carbons (Fsp3) is 1.00. The lowest BCUT2D eigenvalue weighted by atomic mass is 10.1. The number of quaternary nitrogens is 2. The lowest BCUT2D eigenvalue weighted by Gasteiger charge is -2.39. The van der Waals surface area contributed by atoms with E-state index in [4.69, 9.17) is 17.5 Å². The van der Waals surface area contributed by atoms with Gasteiger partial charge < -0.3 is 18.1 Å². The number of unbranched alkanes of at least 4 members (excludes halogenated alkanes) is 8. The molecule has 0 spiro atoms. The maximum Gasteiger partial charge on any atom is 0.0786 e. The maximum absolute atomic E-state index is 8.52. The quantitative estimate of drug-likeness (QED) is 0.0650. The largest absolute Gasteiger partial charge is 0.759 e. The van der Waals surface area contributed by atoms with Crippen LogP contribution in [0.1, 0.15) is 158 Å². The molecule has 0 heterocycles. The van der Waals surface area contributed by atoms with Gasteiger partial charge in [-0.15, -0.1) is 0 Å². The highest BCUT2D eigenvalue weighted by molar-refractivity contribution is 7.79. The number of rotatable bonds is 24. The van der Waals surface area contributed by atoms with Crippen molar-refractivity contribution < 1.29 is 26.5 Å². The van der Waals surface area contributed by atoms with Crippen molar-refractivity contribution in [2.45, 2.75) is 158 Å². The molecule has 0 fully saturated rings. The summed E-state index contributed by atoms with van der Waals surface area (Å²) in [4.78, 5) is 0. The Morgan fingerprint density at radius 2 is 0.462 bits per heavy atom. The van der Waals surface area contributed by atoms with Gasteiger partial charge in [0.25, 0.3) is 0 Å². The summed E-state index contributed by atoms with van der Waals surface area (Å²) in [5, 5.41) is 0. The molecule has 0 atom stereocenters. The Bertz CT molecular complexity index is 466. The molecule has 0 saturated heterocycles. The normalized spacial score (nSPS) is 11.9. The second kappa shape index (κ2) is 29.3. The van der Waals surface area contributed by atoms with Gasteiger partial charge in [0.1, 0.15) is 0 Å². The Balaban J connectivity index is -0.000000566. The van der Waals surface area contributed by atoms with Crippen LogP contribution in [0.5, 0.6) is 0 Å². The summed E-state index contributed by atoms with van der Waals surface area (Å²) in [6, 6.07) is 0. The topological polar surface area (TPSA) is 80.3 Å². The van der Waals surface area contributed by atoms with E-state index in [-0.39, 0.29) is 0 Å². The smallest absolute Gasteiger partial charge is 0.0786 e. The molecule has 0 aliphatic carbocycles. The minimum Gasteiger partial charge on any atom is -0.759 e. The zero-order chi connectivity index (χ0) is 30.5. The molecule has 0 N–H and O–H groups in total. The van der Waals surface area contributed by atoms with Gasteiger partial charge in [0.15, 0.2) is 0 Å². The molecule has 0 aliphatic heterocycles. The molecule has 7 heteroatoms. The van der Waals surface area contributed by atoms with Gasteiger partial charge in [-0.2, -0.15) is 0 Å². The van der Waals surface area contributed by atoms with Crippen molar-refractivity contribution in [3.05, 3.63) is 0 Å². The first-order valence-corrected chi connectivity index (χ1v) is 18.2. The van der Waals surface area contributed by atoms with E-state index in [1.165, 1.54) is 164 Å². The van der Waals surface area contributed by atoms with Crippen molar-refractivity contribution in [1.82, 2.24) is 0 Å². The first-order chi connectivity index (χ1) is 18.5. The van der Waals surface area contributed by atoms with Gasteiger partial charge in [-0.1, -0.05) is 107 Å². The Kier molecular flexibility index (Phi) is 32.5. The van der Waals surface area contributed by atoms with E-state index in [2.05, 4.69) is 55.4 Å². The molecule has 0 bridgehead atoms. The number of nitrogens with zero attached hydrogens (tertiary/aromatic N) is 2. The standard InChI is InChI=1S/2C16H36N.H2O4S/c2*1-5-9-13-17(14-10-6-2,15-11-7-3)16-12-8-4;1-5(2,3)4/h2*5-16H2,1-4H3;(H2,1,2,3,4)/q2*+1;/p-2. The van der Waals surface area contributed by atoms with E-state index in [9.17, 15) is 0 Å². The first-order valence-electron chi connectivity index (χ1n) is 16.9. The van der Waals surface area contributed by atoms with Crippen LogP contribution in [-0.2, 0) is 10.4 Å². The summed E-state index contributed by atoms with van der Waals surface area (Å²) < 4.78 is 36.9. The molecule has 0 radical (unpaired) electrons.